The largest absolute Gasteiger partial charge is 0.508 e. The number of carboxylic acids is 1. The molecule has 218 valence electrons. The van der Waals surface area contributed by atoms with E-state index >= 15 is 0 Å². The van der Waals surface area contributed by atoms with Gasteiger partial charge in [-0.1, -0.05) is 53.5 Å². The Balaban J connectivity index is 1.40. The average molecular weight is 612 g/mol. The van der Waals surface area contributed by atoms with Crippen LogP contribution in [0.2, 0.25) is 10.0 Å². The van der Waals surface area contributed by atoms with Crippen molar-refractivity contribution in [2.45, 2.75) is 50.1 Å². The highest BCUT2D eigenvalue weighted by Gasteiger charge is 2.45. The summed E-state index contributed by atoms with van der Waals surface area (Å²) in [6.07, 6.45) is 0.615. The fourth-order valence-corrected chi connectivity index (χ4v) is 5.98. The van der Waals surface area contributed by atoms with Gasteiger partial charge in [0.1, 0.15) is 23.1 Å². The lowest BCUT2D eigenvalue weighted by Gasteiger charge is -2.35. The molecule has 0 aliphatic heterocycles. The number of carbonyl (C=O) groups is 3. The number of H-pyrrole nitrogens is 1. The van der Waals surface area contributed by atoms with Crippen molar-refractivity contribution >= 4 is 51.9 Å². The van der Waals surface area contributed by atoms with Crippen molar-refractivity contribution in [1.82, 2.24) is 15.6 Å². The molecule has 0 bridgehead atoms. The zero-order valence-corrected chi connectivity index (χ0v) is 23.9. The second kappa shape index (κ2) is 12.0. The van der Waals surface area contributed by atoms with Crippen LogP contribution in [0.15, 0.2) is 60.7 Å². The van der Waals surface area contributed by atoms with E-state index in [1.165, 1.54) is 30.3 Å². The summed E-state index contributed by atoms with van der Waals surface area (Å²) in [5.41, 5.74) is 1.49. The predicted molar refractivity (Wildman–Crippen MR) is 157 cm³/mol. The number of fused-ring (bicyclic) bond motifs is 3. The number of nitrogens with one attached hydrogen (secondary N) is 3. The van der Waals surface area contributed by atoms with Gasteiger partial charge in [0.2, 0.25) is 11.8 Å². The fraction of sp³-hybridized carbons (Fsp3) is 0.258. The number of hydrogen-bond acceptors (Lipinski definition) is 4. The summed E-state index contributed by atoms with van der Waals surface area (Å²) in [7, 11) is 0. The van der Waals surface area contributed by atoms with Gasteiger partial charge in [0.15, 0.2) is 0 Å². The first-order valence-electron chi connectivity index (χ1n) is 13.4. The number of rotatable bonds is 9. The highest BCUT2D eigenvalue weighted by Crippen LogP contribution is 2.38. The van der Waals surface area contributed by atoms with Gasteiger partial charge in [0.05, 0.1) is 17.0 Å². The van der Waals surface area contributed by atoms with E-state index < -0.39 is 35.2 Å². The van der Waals surface area contributed by atoms with E-state index in [0.29, 0.717) is 39.4 Å². The molecule has 1 aromatic heterocycles. The van der Waals surface area contributed by atoms with Gasteiger partial charge in [0, 0.05) is 22.5 Å². The molecule has 0 spiro atoms. The SMILES string of the molecule is O=C(Cc1ccccc1F)N[C@@H](CCc1ccc(O)cc1)C(=O)N[C@]1(C(=O)O)CCc2[nH]c3c(Cl)cc(Cl)cc3c2C1. The maximum absolute atomic E-state index is 14.2. The summed E-state index contributed by atoms with van der Waals surface area (Å²) in [4.78, 5) is 42.6. The molecular weight excluding hydrogens is 584 g/mol. The van der Waals surface area contributed by atoms with Crippen LogP contribution in [0, 0.1) is 5.82 Å². The number of aryl methyl sites for hydroxylation is 2. The summed E-state index contributed by atoms with van der Waals surface area (Å²) < 4.78 is 14.2. The van der Waals surface area contributed by atoms with Gasteiger partial charge in [-0.25, -0.2) is 9.18 Å². The van der Waals surface area contributed by atoms with Crippen molar-refractivity contribution < 1.29 is 29.0 Å². The van der Waals surface area contributed by atoms with E-state index in [1.807, 2.05) is 0 Å². The number of amides is 2. The standard InChI is InChI=1S/C31H28Cl2FN3O5/c32-19-14-21-22-16-31(30(41)42,12-11-25(22)36-28(21)23(33)15-19)37-29(40)26(10-7-17-5-8-20(38)9-6-17)35-27(39)13-18-3-1-2-4-24(18)34/h1-6,8-9,14-15,26,36,38H,7,10-13,16H2,(H,35,39)(H,37,40)(H,41,42)/t26-,31+/m0/s1. The quantitative estimate of drug-likeness (QED) is 0.179. The molecule has 42 heavy (non-hydrogen) atoms. The Morgan fingerprint density at radius 3 is 2.52 bits per heavy atom. The highest BCUT2D eigenvalue weighted by atomic mass is 35.5. The van der Waals surface area contributed by atoms with Crippen LogP contribution in [0.25, 0.3) is 10.9 Å². The summed E-state index contributed by atoms with van der Waals surface area (Å²) in [6.45, 7) is 0. The van der Waals surface area contributed by atoms with Crippen LogP contribution in [0.5, 0.6) is 5.75 Å². The summed E-state index contributed by atoms with van der Waals surface area (Å²) in [6, 6.07) is 14.5. The molecule has 2 amide bonds. The van der Waals surface area contributed by atoms with Crippen LogP contribution < -0.4 is 10.6 Å². The van der Waals surface area contributed by atoms with Crippen molar-refractivity contribution in [3.63, 3.8) is 0 Å². The topological polar surface area (TPSA) is 132 Å². The Labute approximate surface area is 250 Å². The number of benzene rings is 3. The molecule has 11 heteroatoms. The van der Waals surface area contributed by atoms with Gasteiger partial charge >= 0.3 is 5.97 Å². The van der Waals surface area contributed by atoms with Gasteiger partial charge in [-0.15, -0.1) is 0 Å². The van der Waals surface area contributed by atoms with E-state index in [4.69, 9.17) is 23.2 Å². The van der Waals surface area contributed by atoms with Crippen molar-refractivity contribution in [3.05, 3.63) is 98.9 Å². The van der Waals surface area contributed by atoms with Gasteiger partial charge in [-0.05, 0) is 72.7 Å². The second-order valence-corrected chi connectivity index (χ2v) is 11.4. The lowest BCUT2D eigenvalue weighted by atomic mass is 9.79. The molecule has 5 N–H and O–H groups in total. The number of aromatic amines is 1. The van der Waals surface area contributed by atoms with E-state index in [0.717, 1.165) is 11.3 Å². The van der Waals surface area contributed by atoms with E-state index in [-0.39, 0.29) is 37.0 Å². The third-order valence-electron chi connectivity index (χ3n) is 7.69. The molecule has 3 aromatic carbocycles. The Morgan fingerprint density at radius 2 is 1.81 bits per heavy atom. The van der Waals surface area contributed by atoms with Crippen molar-refractivity contribution in [1.29, 1.82) is 0 Å². The van der Waals surface area contributed by atoms with E-state index in [1.54, 1.807) is 30.3 Å². The van der Waals surface area contributed by atoms with Gasteiger partial charge in [0.25, 0.3) is 0 Å². The summed E-state index contributed by atoms with van der Waals surface area (Å²) >= 11 is 12.6. The summed E-state index contributed by atoms with van der Waals surface area (Å²) in [5, 5.41) is 26.9. The van der Waals surface area contributed by atoms with Crippen LogP contribution in [-0.4, -0.2) is 44.6 Å². The number of carbonyl (C=O) groups excluding carboxylic acids is 2. The second-order valence-electron chi connectivity index (χ2n) is 10.5. The molecule has 1 aliphatic rings. The zero-order chi connectivity index (χ0) is 30.0. The molecular formula is C31H28Cl2FN3O5. The minimum Gasteiger partial charge on any atom is -0.508 e. The molecule has 8 nitrogen and oxygen atoms in total. The van der Waals surface area contributed by atoms with Crippen molar-refractivity contribution in [2.24, 2.45) is 0 Å². The number of aliphatic carboxylic acids is 1. The lowest BCUT2D eigenvalue weighted by molar-refractivity contribution is -0.148. The number of aromatic hydroxyl groups is 1. The van der Waals surface area contributed by atoms with Gasteiger partial charge in [-0.3, -0.25) is 9.59 Å². The Hall–Kier alpha value is -4.08. The van der Waals surface area contributed by atoms with E-state index in [9.17, 15) is 29.0 Å². The average Bonchev–Trinajstić information content (AvgIpc) is 3.31. The van der Waals surface area contributed by atoms with Crippen LogP contribution in [0.4, 0.5) is 4.39 Å². The molecule has 4 aromatic rings. The number of phenols is 1. The number of aromatic nitrogens is 1. The van der Waals surface area contributed by atoms with Crippen molar-refractivity contribution in [2.75, 3.05) is 0 Å². The first kappa shape index (κ1) is 29.4. The van der Waals surface area contributed by atoms with Gasteiger partial charge in [-0.2, -0.15) is 0 Å². The third-order valence-corrected chi connectivity index (χ3v) is 8.21. The Morgan fingerprint density at radius 1 is 1.07 bits per heavy atom. The monoisotopic (exact) mass is 611 g/mol. The molecule has 0 saturated heterocycles. The first-order valence-corrected chi connectivity index (χ1v) is 14.1. The number of halogens is 3. The molecule has 0 unspecified atom stereocenters. The Bertz CT molecular complexity index is 1670. The molecule has 0 radical (unpaired) electrons. The molecule has 0 fully saturated rings. The van der Waals surface area contributed by atoms with Gasteiger partial charge < -0.3 is 25.8 Å². The Kier molecular flexibility index (Phi) is 8.43. The van der Waals surface area contributed by atoms with Crippen LogP contribution in [0.3, 0.4) is 0 Å². The molecule has 0 saturated carbocycles. The molecule has 1 aliphatic carbocycles. The minimum atomic E-state index is -1.65. The predicted octanol–water partition coefficient (Wildman–Crippen LogP) is 5.11. The normalized spacial score (nSPS) is 16.9. The van der Waals surface area contributed by atoms with Crippen LogP contribution in [-0.2, 0) is 40.1 Å². The maximum Gasteiger partial charge on any atom is 0.329 e. The molecule has 5 rings (SSSR count). The zero-order valence-electron chi connectivity index (χ0n) is 22.3. The lowest BCUT2D eigenvalue weighted by Crippen LogP contribution is -2.61. The smallest absolute Gasteiger partial charge is 0.329 e. The first-order chi connectivity index (χ1) is 20.0. The molecule has 2 atom stereocenters. The number of phenolic OH excluding ortho intramolecular Hbond substituents is 1. The fourth-order valence-electron chi connectivity index (χ4n) is 5.44. The maximum atomic E-state index is 14.2. The minimum absolute atomic E-state index is 0.0199. The third kappa shape index (κ3) is 6.22. The van der Waals surface area contributed by atoms with Crippen LogP contribution >= 0.6 is 23.2 Å². The van der Waals surface area contributed by atoms with Crippen LogP contribution in [0.1, 0.15) is 35.2 Å². The van der Waals surface area contributed by atoms with E-state index in [2.05, 4.69) is 15.6 Å². The van der Waals surface area contributed by atoms with Crippen molar-refractivity contribution in [3.8, 4) is 5.75 Å². The summed E-state index contributed by atoms with van der Waals surface area (Å²) in [5.74, 6) is -2.91. The highest BCUT2D eigenvalue weighted by molar-refractivity contribution is 6.38. The number of hydrogen-bond donors (Lipinski definition) is 5. The molecule has 1 heterocycles. The number of carboxylic acid groups (broad SMARTS) is 1.